The lowest BCUT2D eigenvalue weighted by Gasteiger charge is -2.16. The molecule has 0 radical (unpaired) electrons. The number of nitrogens with zero attached hydrogens (tertiary/aromatic N) is 2. The molecule has 3 aromatic carbocycles. The molecule has 1 aliphatic rings. The number of hydrogen-bond acceptors (Lipinski definition) is 5. The molecular formula is C34H28N2O5. The monoisotopic (exact) mass is 544 g/mol. The quantitative estimate of drug-likeness (QED) is 0.175. The molecule has 0 atom stereocenters. The highest BCUT2D eigenvalue weighted by molar-refractivity contribution is 6.47. The highest BCUT2D eigenvalue weighted by Crippen LogP contribution is 2.41. The fourth-order valence-electron chi connectivity index (χ4n) is 5.48. The summed E-state index contributed by atoms with van der Waals surface area (Å²) in [6.45, 7) is 4.57. The van der Waals surface area contributed by atoms with E-state index < -0.39 is 17.4 Å². The summed E-state index contributed by atoms with van der Waals surface area (Å²) in [5.41, 5.74) is 4.64. The second kappa shape index (κ2) is 10.4. The molecule has 2 aromatic heterocycles. The number of rotatable bonds is 7. The standard InChI is InChI=1S/C34H28N2O5/c1-4-5-11-26-32(34(39)36(33(26)38)24-13-16-29-23(18-24)12-17-30(37)41-29)31-21(2)35(20-22-9-7-6-8-10-22)28-15-14-25(40-3)19-27(28)31/h5-19H,4,20H2,1-3H3. The topological polar surface area (TPSA) is 81.8 Å². The van der Waals surface area contributed by atoms with Crippen molar-refractivity contribution in [3.8, 4) is 5.75 Å². The van der Waals surface area contributed by atoms with Crippen LogP contribution in [0.3, 0.4) is 0 Å². The number of hydrogen-bond donors (Lipinski definition) is 0. The van der Waals surface area contributed by atoms with Crippen LogP contribution in [0.2, 0.25) is 0 Å². The average molecular weight is 545 g/mol. The number of carbonyl (C=O) groups excluding carboxylic acids is 2. The summed E-state index contributed by atoms with van der Waals surface area (Å²) in [5.74, 6) is -0.156. The lowest BCUT2D eigenvalue weighted by Crippen LogP contribution is -2.31. The normalized spacial score (nSPS) is 13.9. The van der Waals surface area contributed by atoms with E-state index in [1.54, 1.807) is 37.5 Å². The zero-order chi connectivity index (χ0) is 28.7. The third kappa shape index (κ3) is 4.45. The van der Waals surface area contributed by atoms with Crippen molar-refractivity contribution < 1.29 is 18.7 Å². The van der Waals surface area contributed by atoms with Crippen LogP contribution >= 0.6 is 0 Å². The third-order valence-electron chi connectivity index (χ3n) is 7.47. The van der Waals surface area contributed by atoms with E-state index >= 15 is 0 Å². The summed E-state index contributed by atoms with van der Waals surface area (Å²) in [4.78, 5) is 41.1. The first-order chi connectivity index (χ1) is 19.9. The van der Waals surface area contributed by atoms with Gasteiger partial charge in [-0.25, -0.2) is 9.69 Å². The van der Waals surface area contributed by atoms with E-state index in [4.69, 9.17) is 9.15 Å². The summed E-state index contributed by atoms with van der Waals surface area (Å²) in [7, 11) is 1.61. The molecule has 3 heterocycles. The van der Waals surface area contributed by atoms with Crippen molar-refractivity contribution in [1.29, 1.82) is 0 Å². The molecule has 204 valence electrons. The van der Waals surface area contributed by atoms with Crippen molar-refractivity contribution in [3.05, 3.63) is 124 Å². The summed E-state index contributed by atoms with van der Waals surface area (Å²) >= 11 is 0. The highest BCUT2D eigenvalue weighted by atomic mass is 16.5. The Morgan fingerprint density at radius 1 is 0.902 bits per heavy atom. The van der Waals surface area contributed by atoms with Gasteiger partial charge in [-0.2, -0.15) is 0 Å². The van der Waals surface area contributed by atoms with E-state index in [1.165, 1.54) is 11.0 Å². The molecule has 0 unspecified atom stereocenters. The first kappa shape index (κ1) is 26.1. The minimum atomic E-state index is -0.465. The maximum Gasteiger partial charge on any atom is 0.336 e. The Morgan fingerprint density at radius 3 is 2.46 bits per heavy atom. The predicted molar refractivity (Wildman–Crippen MR) is 160 cm³/mol. The van der Waals surface area contributed by atoms with E-state index in [0.29, 0.717) is 52.1 Å². The molecule has 0 N–H and O–H groups in total. The van der Waals surface area contributed by atoms with Gasteiger partial charge in [-0.05, 0) is 61.4 Å². The van der Waals surface area contributed by atoms with Crippen LogP contribution in [0.5, 0.6) is 5.75 Å². The number of anilines is 1. The largest absolute Gasteiger partial charge is 0.497 e. The van der Waals surface area contributed by atoms with Gasteiger partial charge in [-0.1, -0.05) is 49.4 Å². The van der Waals surface area contributed by atoms with Gasteiger partial charge in [-0.15, -0.1) is 0 Å². The van der Waals surface area contributed by atoms with E-state index in [-0.39, 0.29) is 0 Å². The zero-order valence-electron chi connectivity index (χ0n) is 23.0. The van der Waals surface area contributed by atoms with Crippen LogP contribution in [0.25, 0.3) is 27.4 Å². The first-order valence-corrected chi connectivity index (χ1v) is 13.5. The van der Waals surface area contributed by atoms with E-state index in [0.717, 1.165) is 22.2 Å². The lowest BCUT2D eigenvalue weighted by molar-refractivity contribution is -0.119. The Morgan fingerprint density at radius 2 is 1.71 bits per heavy atom. The van der Waals surface area contributed by atoms with Crippen LogP contribution in [0.4, 0.5) is 5.69 Å². The maximum absolute atomic E-state index is 14.3. The van der Waals surface area contributed by atoms with Gasteiger partial charge in [-0.3, -0.25) is 9.59 Å². The Hall–Kier alpha value is -5.17. The molecular weight excluding hydrogens is 516 g/mol. The second-order valence-corrected chi connectivity index (χ2v) is 9.94. The first-order valence-electron chi connectivity index (χ1n) is 13.5. The minimum absolute atomic E-state index is 0.334. The Balaban J connectivity index is 1.56. The van der Waals surface area contributed by atoms with Crippen molar-refractivity contribution in [2.45, 2.75) is 26.8 Å². The number of imide groups is 1. The van der Waals surface area contributed by atoms with Crippen molar-refractivity contribution in [2.24, 2.45) is 0 Å². The molecule has 6 rings (SSSR count). The van der Waals surface area contributed by atoms with Crippen LogP contribution in [0.1, 0.15) is 30.2 Å². The average Bonchev–Trinajstić information content (AvgIpc) is 3.39. The number of benzene rings is 3. The fraction of sp³-hybridized carbons (Fsp3) is 0.147. The van der Waals surface area contributed by atoms with Crippen LogP contribution in [0.15, 0.2) is 106 Å². The van der Waals surface area contributed by atoms with Crippen molar-refractivity contribution >= 4 is 44.9 Å². The van der Waals surface area contributed by atoms with Crippen LogP contribution in [0, 0.1) is 6.92 Å². The number of carbonyl (C=O) groups is 2. The molecule has 1 aliphatic heterocycles. The molecule has 0 saturated heterocycles. The van der Waals surface area contributed by atoms with Gasteiger partial charge in [0.2, 0.25) is 0 Å². The predicted octanol–water partition coefficient (Wildman–Crippen LogP) is 6.41. The molecule has 0 bridgehead atoms. The molecule has 7 nitrogen and oxygen atoms in total. The van der Waals surface area contributed by atoms with Crippen LogP contribution in [-0.2, 0) is 16.1 Å². The van der Waals surface area contributed by atoms with Gasteiger partial charge in [0, 0.05) is 40.2 Å². The fourth-order valence-corrected chi connectivity index (χ4v) is 5.48. The van der Waals surface area contributed by atoms with Gasteiger partial charge in [0.15, 0.2) is 0 Å². The van der Waals surface area contributed by atoms with Crippen molar-refractivity contribution in [1.82, 2.24) is 4.57 Å². The highest BCUT2D eigenvalue weighted by Gasteiger charge is 2.41. The summed E-state index contributed by atoms with van der Waals surface area (Å²) in [6.07, 6.45) is 4.34. The number of methoxy groups -OCH3 is 1. The number of amides is 2. The summed E-state index contributed by atoms with van der Waals surface area (Å²) in [5, 5.41) is 1.45. The van der Waals surface area contributed by atoms with E-state index in [9.17, 15) is 14.4 Å². The van der Waals surface area contributed by atoms with Gasteiger partial charge in [0.25, 0.3) is 11.8 Å². The Bertz CT molecular complexity index is 1960. The SMILES string of the molecule is CCC=CC1=C(c2c(C)n(Cc3ccccc3)c3ccc(OC)cc23)C(=O)N(c2ccc3oc(=O)ccc3c2)C1=O. The number of ether oxygens (including phenoxy) is 1. The smallest absolute Gasteiger partial charge is 0.336 e. The minimum Gasteiger partial charge on any atom is -0.497 e. The second-order valence-electron chi connectivity index (χ2n) is 9.94. The van der Waals surface area contributed by atoms with Gasteiger partial charge in [0.05, 0.1) is 23.9 Å². The molecule has 0 saturated carbocycles. The van der Waals surface area contributed by atoms with Crippen molar-refractivity contribution in [3.63, 3.8) is 0 Å². The number of aromatic nitrogens is 1. The van der Waals surface area contributed by atoms with Crippen molar-refractivity contribution in [2.75, 3.05) is 12.0 Å². The van der Waals surface area contributed by atoms with Gasteiger partial charge in [0.1, 0.15) is 11.3 Å². The number of fused-ring (bicyclic) bond motifs is 2. The van der Waals surface area contributed by atoms with Crippen LogP contribution < -0.4 is 15.3 Å². The number of allylic oxidation sites excluding steroid dienone is 1. The lowest BCUT2D eigenvalue weighted by atomic mass is 9.98. The van der Waals surface area contributed by atoms with Gasteiger partial charge >= 0.3 is 5.63 Å². The zero-order valence-corrected chi connectivity index (χ0v) is 23.0. The molecule has 41 heavy (non-hydrogen) atoms. The van der Waals surface area contributed by atoms with E-state index in [2.05, 4.69) is 16.7 Å². The molecule has 0 aliphatic carbocycles. The maximum atomic E-state index is 14.3. The summed E-state index contributed by atoms with van der Waals surface area (Å²) in [6, 6.07) is 23.8. The Labute approximate surface area is 236 Å². The van der Waals surface area contributed by atoms with E-state index in [1.807, 2.05) is 56.3 Å². The van der Waals surface area contributed by atoms with Crippen LogP contribution in [-0.4, -0.2) is 23.5 Å². The molecule has 0 spiro atoms. The molecule has 2 amide bonds. The van der Waals surface area contributed by atoms with Gasteiger partial charge < -0.3 is 13.7 Å². The molecule has 7 heteroatoms. The summed E-state index contributed by atoms with van der Waals surface area (Å²) < 4.78 is 13.0. The molecule has 0 fully saturated rings. The Kier molecular flexibility index (Phi) is 6.63. The molecule has 5 aromatic rings. The third-order valence-corrected chi connectivity index (χ3v) is 7.47.